The number of hydrogen-bond acceptors (Lipinski definition) is 4. The van der Waals surface area contributed by atoms with Crippen LogP contribution in [0.1, 0.15) is 28.2 Å². The van der Waals surface area contributed by atoms with Gasteiger partial charge in [-0.2, -0.15) is 5.10 Å². The van der Waals surface area contributed by atoms with E-state index in [2.05, 4.69) is 15.0 Å². The molecule has 8 heteroatoms. The number of amides is 1. The summed E-state index contributed by atoms with van der Waals surface area (Å²) in [7, 11) is 0. The molecule has 0 unspecified atom stereocenters. The van der Waals surface area contributed by atoms with Crippen molar-refractivity contribution in [3.05, 3.63) is 70.4 Å². The smallest absolute Gasteiger partial charge is 0.274 e. The summed E-state index contributed by atoms with van der Waals surface area (Å²) in [5.74, 6) is 0.553. The van der Waals surface area contributed by atoms with Gasteiger partial charge >= 0.3 is 0 Å². The molecule has 0 radical (unpaired) electrons. The number of benzene rings is 1. The zero-order valence-corrected chi connectivity index (χ0v) is 17.1. The van der Waals surface area contributed by atoms with E-state index < -0.39 is 0 Å². The van der Waals surface area contributed by atoms with Crippen molar-refractivity contribution in [2.75, 3.05) is 31.1 Å². The van der Waals surface area contributed by atoms with Gasteiger partial charge in [0.05, 0.1) is 10.7 Å². The van der Waals surface area contributed by atoms with E-state index in [1.165, 1.54) is 12.1 Å². The second-order valence-corrected chi connectivity index (χ2v) is 8.07. The highest BCUT2D eigenvalue weighted by atomic mass is 35.5. The molecule has 3 heterocycles. The Balaban J connectivity index is 1.35. The molecular formula is C22H21ClFN5O. The molecule has 0 atom stereocenters. The maximum Gasteiger partial charge on any atom is 0.274 e. The van der Waals surface area contributed by atoms with Crippen molar-refractivity contribution in [2.45, 2.75) is 19.3 Å². The van der Waals surface area contributed by atoms with Crippen LogP contribution in [-0.2, 0) is 12.8 Å². The molecule has 0 bridgehead atoms. The van der Waals surface area contributed by atoms with Crippen LogP contribution in [0.25, 0.3) is 5.69 Å². The lowest BCUT2D eigenvalue weighted by Gasteiger charge is -2.35. The number of nitrogens with zero attached hydrogens (tertiary/aromatic N) is 5. The van der Waals surface area contributed by atoms with Crippen molar-refractivity contribution in [1.29, 1.82) is 0 Å². The van der Waals surface area contributed by atoms with Crippen molar-refractivity contribution in [3.8, 4) is 5.69 Å². The van der Waals surface area contributed by atoms with Crippen LogP contribution in [0.15, 0.2) is 42.6 Å². The fourth-order valence-electron chi connectivity index (χ4n) is 4.25. The third-order valence-electron chi connectivity index (χ3n) is 5.81. The maximum absolute atomic E-state index is 13.3. The van der Waals surface area contributed by atoms with Gasteiger partial charge in [-0.05, 0) is 55.7 Å². The van der Waals surface area contributed by atoms with E-state index in [1.807, 2.05) is 21.7 Å². The number of hydrogen-bond donors (Lipinski definition) is 0. The molecule has 2 aromatic heterocycles. The van der Waals surface area contributed by atoms with Gasteiger partial charge in [0.2, 0.25) is 0 Å². The number of carbonyl (C=O) groups excluding carboxylic acids is 1. The summed E-state index contributed by atoms with van der Waals surface area (Å²) in [5.41, 5.74) is 3.41. The van der Waals surface area contributed by atoms with E-state index >= 15 is 0 Å². The monoisotopic (exact) mass is 425 g/mol. The zero-order valence-electron chi connectivity index (χ0n) is 16.4. The molecule has 0 N–H and O–H groups in total. The molecule has 0 spiro atoms. The molecule has 1 aromatic carbocycles. The van der Waals surface area contributed by atoms with Crippen molar-refractivity contribution >= 4 is 23.3 Å². The van der Waals surface area contributed by atoms with Gasteiger partial charge < -0.3 is 9.80 Å². The fourth-order valence-corrected chi connectivity index (χ4v) is 4.36. The standard InChI is InChI=1S/C22H21ClFN5O/c23-15-4-9-20(25-14-15)27-10-12-28(13-11-27)22(30)21-18-2-1-3-19(18)29(26-21)17-7-5-16(24)6-8-17/h4-9,14H,1-3,10-13H2. The highest BCUT2D eigenvalue weighted by molar-refractivity contribution is 6.30. The quantitative estimate of drug-likeness (QED) is 0.644. The molecule has 6 nitrogen and oxygen atoms in total. The van der Waals surface area contributed by atoms with E-state index in [4.69, 9.17) is 11.6 Å². The largest absolute Gasteiger partial charge is 0.353 e. The van der Waals surface area contributed by atoms with Crippen LogP contribution in [0.4, 0.5) is 10.2 Å². The Kier molecular flexibility index (Phi) is 4.90. The van der Waals surface area contributed by atoms with E-state index in [9.17, 15) is 9.18 Å². The summed E-state index contributed by atoms with van der Waals surface area (Å²) in [6, 6.07) is 9.97. The number of halogens is 2. The minimum absolute atomic E-state index is 0.0299. The highest BCUT2D eigenvalue weighted by Crippen LogP contribution is 2.29. The Labute approximate surface area is 178 Å². The number of carbonyl (C=O) groups is 1. The summed E-state index contributed by atoms with van der Waals surface area (Å²) < 4.78 is 15.1. The molecule has 3 aromatic rings. The average molecular weight is 426 g/mol. The van der Waals surface area contributed by atoms with Gasteiger partial charge in [-0.15, -0.1) is 0 Å². The third-order valence-corrected chi connectivity index (χ3v) is 6.03. The summed E-state index contributed by atoms with van der Waals surface area (Å²) in [4.78, 5) is 21.7. The maximum atomic E-state index is 13.3. The SMILES string of the molecule is O=C(c1nn(-c2ccc(F)cc2)c2c1CCC2)N1CCN(c2ccc(Cl)cn2)CC1. The van der Waals surface area contributed by atoms with Crippen LogP contribution in [0.3, 0.4) is 0 Å². The van der Waals surface area contributed by atoms with Crippen molar-refractivity contribution in [3.63, 3.8) is 0 Å². The molecule has 0 saturated carbocycles. The van der Waals surface area contributed by atoms with Crippen molar-refractivity contribution in [2.24, 2.45) is 0 Å². The van der Waals surface area contributed by atoms with E-state index in [1.54, 1.807) is 18.3 Å². The van der Waals surface area contributed by atoms with Gasteiger partial charge in [0.15, 0.2) is 5.69 Å². The first kappa shape index (κ1) is 19.1. The molecule has 2 aliphatic rings. The van der Waals surface area contributed by atoms with Gasteiger partial charge in [-0.1, -0.05) is 11.6 Å². The second kappa shape index (κ2) is 7.72. The lowest BCUT2D eigenvalue weighted by molar-refractivity contribution is 0.0739. The first-order chi connectivity index (χ1) is 14.6. The number of anilines is 1. The van der Waals surface area contributed by atoms with Crippen LogP contribution < -0.4 is 4.90 Å². The highest BCUT2D eigenvalue weighted by Gasteiger charge is 2.31. The first-order valence-corrected chi connectivity index (χ1v) is 10.5. The van der Waals surface area contributed by atoms with Gasteiger partial charge in [0, 0.05) is 43.6 Å². The van der Waals surface area contributed by atoms with Crippen LogP contribution in [0, 0.1) is 5.82 Å². The lowest BCUT2D eigenvalue weighted by Crippen LogP contribution is -2.49. The predicted octanol–water partition coefficient (Wildman–Crippen LogP) is 3.51. The minimum atomic E-state index is -0.285. The first-order valence-electron chi connectivity index (χ1n) is 10.1. The number of rotatable bonds is 3. The van der Waals surface area contributed by atoms with Crippen LogP contribution in [0.5, 0.6) is 0 Å². The summed E-state index contributed by atoms with van der Waals surface area (Å²) >= 11 is 5.92. The molecule has 30 heavy (non-hydrogen) atoms. The molecule has 1 saturated heterocycles. The minimum Gasteiger partial charge on any atom is -0.353 e. The van der Waals surface area contributed by atoms with E-state index in [0.29, 0.717) is 36.9 Å². The Bertz CT molecular complexity index is 1070. The van der Waals surface area contributed by atoms with Crippen molar-refractivity contribution < 1.29 is 9.18 Å². The predicted molar refractivity (Wildman–Crippen MR) is 113 cm³/mol. The normalized spacial score (nSPS) is 16.1. The van der Waals surface area contributed by atoms with Gasteiger partial charge in [0.25, 0.3) is 5.91 Å². The molecule has 1 aliphatic carbocycles. The number of aromatic nitrogens is 3. The second-order valence-electron chi connectivity index (χ2n) is 7.63. The number of fused-ring (bicyclic) bond motifs is 1. The topological polar surface area (TPSA) is 54.3 Å². The fraction of sp³-hybridized carbons (Fsp3) is 0.318. The van der Waals surface area contributed by atoms with Gasteiger partial charge in [-0.3, -0.25) is 4.79 Å². The Morgan fingerprint density at radius 1 is 1.00 bits per heavy atom. The van der Waals surface area contributed by atoms with Gasteiger partial charge in [0.1, 0.15) is 11.6 Å². The molecule has 1 fully saturated rings. The summed E-state index contributed by atoms with van der Waals surface area (Å²) in [6.45, 7) is 2.64. The summed E-state index contributed by atoms with van der Waals surface area (Å²) in [6.07, 6.45) is 4.37. The molecule has 5 rings (SSSR count). The van der Waals surface area contributed by atoms with Crippen molar-refractivity contribution in [1.82, 2.24) is 19.7 Å². The zero-order chi connectivity index (χ0) is 20.7. The number of piperazine rings is 1. The van der Waals surface area contributed by atoms with Crippen LogP contribution in [-0.4, -0.2) is 51.8 Å². The third kappa shape index (κ3) is 3.43. The molecule has 1 amide bonds. The Morgan fingerprint density at radius 3 is 2.47 bits per heavy atom. The average Bonchev–Trinajstić information content (AvgIpc) is 3.38. The van der Waals surface area contributed by atoms with E-state index in [-0.39, 0.29) is 11.7 Å². The Morgan fingerprint density at radius 2 is 1.77 bits per heavy atom. The Hall–Kier alpha value is -2.93. The number of pyridine rings is 1. The molecule has 1 aliphatic heterocycles. The van der Waals surface area contributed by atoms with E-state index in [0.717, 1.165) is 42.0 Å². The van der Waals surface area contributed by atoms with Crippen LogP contribution in [0.2, 0.25) is 5.02 Å². The molecular weight excluding hydrogens is 405 g/mol. The lowest BCUT2D eigenvalue weighted by atomic mass is 10.1. The summed E-state index contributed by atoms with van der Waals surface area (Å²) in [5, 5.41) is 5.27. The van der Waals surface area contributed by atoms with Gasteiger partial charge in [-0.25, -0.2) is 14.1 Å². The molecule has 154 valence electrons. The van der Waals surface area contributed by atoms with Crippen LogP contribution >= 0.6 is 11.6 Å².